The molecule has 6 N–H and O–H groups in total. The Balaban J connectivity index is 4.43. The minimum absolute atomic E-state index is 0.0653. The van der Waals surface area contributed by atoms with Gasteiger partial charge in [-0.3, -0.25) is 13.9 Å². The molecule has 0 aromatic rings. The second-order valence-electron chi connectivity index (χ2n) is 4.80. The summed E-state index contributed by atoms with van der Waals surface area (Å²) in [4.78, 5) is 46.2. The molecule has 0 atom stereocenters. The minimum Gasteiger partial charge on any atom is -0.481 e. The molecule has 114 valence electrons. The summed E-state index contributed by atoms with van der Waals surface area (Å²) in [5, 5.41) is 9.18. The molecular weight excluding hydrogens is 300 g/mol. The number of carboxylic acid groups (broad SMARTS) is 1. The Morgan fingerprint density at radius 2 is 1.58 bits per heavy atom. The Morgan fingerprint density at radius 3 is 1.89 bits per heavy atom. The lowest BCUT2D eigenvalue weighted by Crippen LogP contribution is -2.32. The van der Waals surface area contributed by atoms with Gasteiger partial charge in [-0.05, 0) is 26.8 Å². The molecule has 0 aromatic heterocycles. The molecule has 0 aliphatic heterocycles. The van der Waals surface area contributed by atoms with E-state index in [1.807, 2.05) is 0 Å². The van der Waals surface area contributed by atoms with Crippen LogP contribution in [0.1, 0.15) is 20.3 Å². The van der Waals surface area contributed by atoms with Crippen molar-refractivity contribution < 1.29 is 38.6 Å². The Labute approximate surface area is 110 Å². The van der Waals surface area contributed by atoms with E-state index in [0.29, 0.717) is 0 Å². The first-order valence-corrected chi connectivity index (χ1v) is 8.69. The van der Waals surface area contributed by atoms with Crippen molar-refractivity contribution in [2.24, 2.45) is 5.41 Å². The average molecular weight is 319 g/mol. The van der Waals surface area contributed by atoms with Crippen LogP contribution in [0.5, 0.6) is 0 Å². The molecule has 0 unspecified atom stereocenters. The van der Waals surface area contributed by atoms with Gasteiger partial charge in [-0.1, -0.05) is 0 Å². The normalized spacial score (nSPS) is 13.8. The number of carbonyl (C=O) groups is 1. The molecule has 0 aliphatic carbocycles. The molecule has 0 bridgehead atoms. The Bertz CT molecular complexity index is 389. The van der Waals surface area contributed by atoms with E-state index in [1.54, 1.807) is 0 Å². The van der Waals surface area contributed by atoms with Gasteiger partial charge in [0.1, 0.15) is 0 Å². The van der Waals surface area contributed by atoms with E-state index in [1.165, 1.54) is 13.8 Å². The number of hydrogen-bond acceptors (Lipinski definition) is 4. The summed E-state index contributed by atoms with van der Waals surface area (Å²) in [5.74, 6) is -1.03. The van der Waals surface area contributed by atoms with Crippen molar-refractivity contribution in [1.82, 2.24) is 5.32 Å². The van der Waals surface area contributed by atoms with Crippen molar-refractivity contribution >= 4 is 21.2 Å². The molecule has 0 aromatic carbocycles. The predicted molar refractivity (Wildman–Crippen MR) is 66.8 cm³/mol. The lowest BCUT2D eigenvalue weighted by Gasteiger charge is -2.22. The molecule has 0 saturated carbocycles. The van der Waals surface area contributed by atoms with Crippen molar-refractivity contribution in [2.75, 3.05) is 13.1 Å². The SMILES string of the molecule is CC(C)(CCNCC(P(=O)(O)O)P(=O)(O)O)C(=O)O. The van der Waals surface area contributed by atoms with Crippen LogP contribution in [0.2, 0.25) is 0 Å². The minimum atomic E-state index is -4.94. The number of carboxylic acids is 1. The molecule has 0 radical (unpaired) electrons. The van der Waals surface area contributed by atoms with Gasteiger partial charge < -0.3 is 30.0 Å². The number of rotatable bonds is 8. The topological polar surface area (TPSA) is 164 Å². The van der Waals surface area contributed by atoms with Crippen LogP contribution in [0, 0.1) is 5.41 Å². The molecule has 11 heteroatoms. The number of aliphatic carboxylic acids is 1. The first-order valence-electron chi connectivity index (χ1n) is 5.33. The van der Waals surface area contributed by atoms with Crippen LogP contribution in [0.25, 0.3) is 0 Å². The van der Waals surface area contributed by atoms with Gasteiger partial charge in [0.25, 0.3) is 0 Å². The van der Waals surface area contributed by atoms with Crippen molar-refractivity contribution in [3.05, 3.63) is 0 Å². The highest BCUT2D eigenvalue weighted by molar-refractivity contribution is 7.70. The van der Waals surface area contributed by atoms with Crippen LogP contribution in [-0.2, 0) is 13.9 Å². The zero-order valence-electron chi connectivity index (χ0n) is 10.6. The smallest absolute Gasteiger partial charge is 0.342 e. The van der Waals surface area contributed by atoms with E-state index in [-0.39, 0.29) is 13.0 Å². The first-order chi connectivity index (χ1) is 8.28. The summed E-state index contributed by atoms with van der Waals surface area (Å²) < 4.78 is 21.9. The summed E-state index contributed by atoms with van der Waals surface area (Å²) in [5.41, 5.74) is -1.03. The highest BCUT2D eigenvalue weighted by atomic mass is 31.2. The largest absolute Gasteiger partial charge is 0.481 e. The number of nitrogens with one attached hydrogen (secondary N) is 1. The lowest BCUT2D eigenvalue weighted by atomic mass is 9.90. The van der Waals surface area contributed by atoms with Gasteiger partial charge in [-0.15, -0.1) is 0 Å². The lowest BCUT2D eigenvalue weighted by molar-refractivity contribution is -0.147. The molecular formula is C8H19NO8P2. The monoisotopic (exact) mass is 319 g/mol. The van der Waals surface area contributed by atoms with E-state index in [2.05, 4.69) is 5.32 Å². The van der Waals surface area contributed by atoms with Crippen molar-refractivity contribution in [3.8, 4) is 0 Å². The third-order valence-corrected chi connectivity index (χ3v) is 6.33. The standard InChI is InChI=1S/C8H19NO8P2/c1-8(2,7(10)11)3-4-9-5-6(18(12,13)14)19(15,16)17/h6,9H,3-5H2,1-2H3,(H,10,11)(H2,12,13,14)(H2,15,16,17). The molecule has 0 fully saturated rings. The average Bonchev–Trinajstić information content (AvgIpc) is 2.12. The van der Waals surface area contributed by atoms with Crippen molar-refractivity contribution in [2.45, 2.75) is 25.7 Å². The number of hydrogen-bond donors (Lipinski definition) is 6. The molecule has 0 amide bonds. The van der Waals surface area contributed by atoms with Crippen LogP contribution in [-0.4, -0.2) is 49.1 Å². The Kier molecular flexibility index (Phi) is 6.36. The van der Waals surface area contributed by atoms with Gasteiger partial charge in [0.15, 0.2) is 5.40 Å². The first kappa shape index (κ1) is 18.7. The van der Waals surface area contributed by atoms with E-state index in [4.69, 9.17) is 24.7 Å². The maximum absolute atomic E-state index is 10.9. The fraction of sp³-hybridized carbons (Fsp3) is 0.875. The molecule has 0 spiro atoms. The van der Waals surface area contributed by atoms with Crippen LogP contribution < -0.4 is 5.32 Å². The molecule has 19 heavy (non-hydrogen) atoms. The molecule has 0 rings (SSSR count). The second-order valence-corrected chi connectivity index (χ2v) is 8.81. The Hall–Kier alpha value is -0.270. The fourth-order valence-corrected chi connectivity index (χ4v) is 3.47. The summed E-state index contributed by atoms with van der Waals surface area (Å²) >= 11 is 0. The zero-order chi connectivity index (χ0) is 15.5. The maximum atomic E-state index is 10.9. The highest BCUT2D eigenvalue weighted by Crippen LogP contribution is 2.59. The van der Waals surface area contributed by atoms with E-state index < -0.39 is 38.5 Å². The Morgan fingerprint density at radius 1 is 1.16 bits per heavy atom. The van der Waals surface area contributed by atoms with Gasteiger partial charge in [-0.25, -0.2) is 0 Å². The zero-order valence-corrected chi connectivity index (χ0v) is 12.3. The molecule has 0 saturated heterocycles. The summed E-state index contributed by atoms with van der Waals surface area (Å²) in [7, 11) is -9.88. The quantitative estimate of drug-likeness (QED) is 0.261. The van der Waals surface area contributed by atoms with Gasteiger partial charge in [-0.2, -0.15) is 0 Å². The van der Waals surface area contributed by atoms with Crippen LogP contribution in [0.4, 0.5) is 0 Å². The van der Waals surface area contributed by atoms with Gasteiger partial charge >= 0.3 is 21.2 Å². The summed E-state index contributed by atoms with van der Waals surface area (Å²) in [6.45, 7) is 2.42. The second kappa shape index (κ2) is 6.45. The molecule has 0 aliphatic rings. The molecule has 9 nitrogen and oxygen atoms in total. The van der Waals surface area contributed by atoms with E-state index in [9.17, 15) is 13.9 Å². The fourth-order valence-electron chi connectivity index (χ4n) is 1.17. The predicted octanol–water partition coefficient (Wildman–Crippen LogP) is -0.242. The van der Waals surface area contributed by atoms with Gasteiger partial charge in [0.2, 0.25) is 0 Å². The molecule has 0 heterocycles. The van der Waals surface area contributed by atoms with Crippen molar-refractivity contribution in [3.63, 3.8) is 0 Å². The summed E-state index contributed by atoms with van der Waals surface area (Å²) in [6, 6.07) is 0. The maximum Gasteiger partial charge on any atom is 0.342 e. The van der Waals surface area contributed by atoms with Crippen LogP contribution >= 0.6 is 15.2 Å². The summed E-state index contributed by atoms with van der Waals surface area (Å²) in [6.07, 6.45) is 0.150. The highest BCUT2D eigenvalue weighted by Gasteiger charge is 2.42. The van der Waals surface area contributed by atoms with E-state index >= 15 is 0 Å². The van der Waals surface area contributed by atoms with Gasteiger partial charge in [0, 0.05) is 6.54 Å². The van der Waals surface area contributed by atoms with Gasteiger partial charge in [0.05, 0.1) is 5.41 Å². The van der Waals surface area contributed by atoms with Crippen LogP contribution in [0.15, 0.2) is 0 Å². The van der Waals surface area contributed by atoms with E-state index in [0.717, 1.165) is 0 Å². The third kappa shape index (κ3) is 6.63. The third-order valence-electron chi connectivity index (χ3n) is 2.61. The van der Waals surface area contributed by atoms with Crippen LogP contribution in [0.3, 0.4) is 0 Å². The van der Waals surface area contributed by atoms with Crippen molar-refractivity contribution in [1.29, 1.82) is 0 Å².